The number of non-ortho nitro benzene ring substituents is 2. The van der Waals surface area contributed by atoms with Gasteiger partial charge in [-0.3, -0.25) is 25.0 Å². The van der Waals surface area contributed by atoms with E-state index in [4.69, 9.17) is 0 Å². The molecule has 0 saturated heterocycles. The highest BCUT2D eigenvalue weighted by atomic mass is 19.4. The summed E-state index contributed by atoms with van der Waals surface area (Å²) in [5.41, 5.74) is -9.32. The van der Waals surface area contributed by atoms with E-state index in [0.717, 1.165) is 18.2 Å². The Hall–Kier alpha value is -3.51. The van der Waals surface area contributed by atoms with Gasteiger partial charge in [-0.1, -0.05) is 12.1 Å². The normalized spacial score (nSPS) is 11.9. The van der Waals surface area contributed by atoms with E-state index in [2.05, 4.69) is 0 Å². The molecule has 0 aliphatic rings. The smallest absolute Gasteiger partial charge is 0.289 e. The predicted octanol–water partition coefficient (Wildman–Crippen LogP) is 4.77. The summed E-state index contributed by atoms with van der Waals surface area (Å²) in [6, 6.07) is 2.94. The van der Waals surface area contributed by atoms with Gasteiger partial charge in [-0.25, -0.2) is 0 Å². The molecule has 0 aliphatic carbocycles. The van der Waals surface area contributed by atoms with Gasteiger partial charge in [0.1, 0.15) is 0 Å². The van der Waals surface area contributed by atoms with Crippen LogP contribution in [0, 0.1) is 20.2 Å². The average Bonchev–Trinajstić information content (AvgIpc) is 2.58. The van der Waals surface area contributed by atoms with Crippen LogP contribution in [0.5, 0.6) is 0 Å². The van der Waals surface area contributed by atoms with Crippen LogP contribution in [0.25, 0.3) is 0 Å². The molecule has 0 saturated carbocycles. The number of nitro benzene ring substituents is 2. The van der Waals surface area contributed by atoms with Gasteiger partial charge in [-0.15, -0.1) is 0 Å². The van der Waals surface area contributed by atoms with Crippen LogP contribution < -0.4 is 0 Å². The van der Waals surface area contributed by atoms with Crippen LogP contribution in [0.3, 0.4) is 0 Å². The van der Waals surface area contributed by atoms with Crippen LogP contribution in [0.2, 0.25) is 0 Å². The fourth-order valence-electron chi connectivity index (χ4n) is 2.36. The Bertz CT molecular complexity index is 984. The van der Waals surface area contributed by atoms with Gasteiger partial charge in [0.05, 0.1) is 21.0 Å². The second kappa shape index (κ2) is 6.90. The minimum atomic E-state index is -5.69. The predicted molar refractivity (Wildman–Crippen MR) is 79.6 cm³/mol. The molecule has 148 valence electrons. The van der Waals surface area contributed by atoms with Crippen molar-refractivity contribution in [1.82, 2.24) is 0 Å². The molecule has 2 rings (SSSR count). The summed E-state index contributed by atoms with van der Waals surface area (Å²) in [4.78, 5) is 31.7. The molecule has 0 N–H and O–H groups in total. The molecule has 7 nitrogen and oxygen atoms in total. The van der Waals surface area contributed by atoms with Crippen molar-refractivity contribution in [3.8, 4) is 0 Å². The number of nitrogens with zero attached hydrogens (tertiary/aromatic N) is 2. The Morgan fingerprint density at radius 3 is 1.86 bits per heavy atom. The van der Waals surface area contributed by atoms with Crippen LogP contribution in [0.1, 0.15) is 27.0 Å². The first-order valence-corrected chi connectivity index (χ1v) is 6.99. The number of hydrogen-bond donors (Lipinski definition) is 0. The molecule has 2 aromatic carbocycles. The molecule has 0 bridgehead atoms. The zero-order valence-corrected chi connectivity index (χ0v) is 13.2. The standard InChI is InChI=1S/C15H6F6N2O5/c16-14(17,18)11-6-9(23(27)28)5-10(12(11)15(19,20)21)13(24)7-2-1-3-8(4-7)22(25)26/h1-6H. The molecule has 0 spiro atoms. The highest BCUT2D eigenvalue weighted by molar-refractivity contribution is 6.11. The van der Waals surface area contributed by atoms with E-state index in [9.17, 15) is 51.4 Å². The molecule has 0 heterocycles. The number of hydrogen-bond acceptors (Lipinski definition) is 5. The highest BCUT2D eigenvalue weighted by Crippen LogP contribution is 2.44. The Labute approximate surface area is 150 Å². The number of ketones is 1. The molecule has 0 unspecified atom stereocenters. The number of nitro groups is 2. The summed E-state index contributed by atoms with van der Waals surface area (Å²) >= 11 is 0. The zero-order valence-electron chi connectivity index (χ0n) is 13.2. The van der Waals surface area contributed by atoms with Crippen molar-refractivity contribution in [2.45, 2.75) is 12.4 Å². The quantitative estimate of drug-likeness (QED) is 0.314. The summed E-state index contributed by atoms with van der Waals surface area (Å²) in [5.74, 6) is -1.69. The maximum absolute atomic E-state index is 13.3. The van der Waals surface area contributed by atoms with Crippen LogP contribution in [-0.2, 0) is 12.4 Å². The van der Waals surface area contributed by atoms with E-state index in [1.807, 2.05) is 0 Å². The number of halogens is 6. The Kier molecular flexibility index (Phi) is 5.13. The SMILES string of the molecule is O=C(c1cccc([N+](=O)[O-])c1)c1cc([N+](=O)[O-])cc(C(F)(F)F)c1C(F)(F)F. The number of rotatable bonds is 4. The van der Waals surface area contributed by atoms with Crippen molar-refractivity contribution in [1.29, 1.82) is 0 Å². The van der Waals surface area contributed by atoms with Gasteiger partial charge < -0.3 is 0 Å². The van der Waals surface area contributed by atoms with E-state index in [1.54, 1.807) is 0 Å². The van der Waals surface area contributed by atoms with Crippen molar-refractivity contribution in [2.75, 3.05) is 0 Å². The lowest BCUT2D eigenvalue weighted by atomic mass is 9.93. The highest BCUT2D eigenvalue weighted by Gasteiger charge is 2.47. The topological polar surface area (TPSA) is 103 Å². The fraction of sp³-hybridized carbons (Fsp3) is 0.133. The molecular formula is C15H6F6N2O5. The summed E-state index contributed by atoms with van der Waals surface area (Å²) in [6.07, 6.45) is -11.3. The number of carbonyl (C=O) groups is 1. The number of alkyl halides is 6. The average molecular weight is 408 g/mol. The first-order chi connectivity index (χ1) is 12.7. The molecule has 28 heavy (non-hydrogen) atoms. The van der Waals surface area contributed by atoms with Gasteiger partial charge >= 0.3 is 12.4 Å². The van der Waals surface area contributed by atoms with Gasteiger partial charge in [-0.2, -0.15) is 26.3 Å². The van der Waals surface area contributed by atoms with Crippen LogP contribution in [-0.4, -0.2) is 15.6 Å². The lowest BCUT2D eigenvalue weighted by Gasteiger charge is -2.18. The van der Waals surface area contributed by atoms with Crippen molar-refractivity contribution in [3.05, 3.63) is 78.9 Å². The minimum Gasteiger partial charge on any atom is -0.289 e. The molecule has 0 atom stereocenters. The lowest BCUT2D eigenvalue weighted by molar-refractivity contribution is -0.385. The van der Waals surface area contributed by atoms with E-state index in [0.29, 0.717) is 6.07 Å². The van der Waals surface area contributed by atoms with Crippen molar-refractivity contribution in [3.63, 3.8) is 0 Å². The molecule has 0 aliphatic heterocycles. The molecule has 0 fully saturated rings. The molecule has 13 heteroatoms. The van der Waals surface area contributed by atoms with Gasteiger partial charge in [0.2, 0.25) is 0 Å². The monoisotopic (exact) mass is 408 g/mol. The van der Waals surface area contributed by atoms with Crippen LogP contribution in [0.4, 0.5) is 37.7 Å². The lowest BCUT2D eigenvalue weighted by Crippen LogP contribution is -2.22. The molecule has 0 aromatic heterocycles. The van der Waals surface area contributed by atoms with Crippen molar-refractivity contribution >= 4 is 17.2 Å². The largest absolute Gasteiger partial charge is 0.417 e. The molecular weight excluding hydrogens is 402 g/mol. The summed E-state index contributed by atoms with van der Waals surface area (Å²) < 4.78 is 79.3. The minimum absolute atomic E-state index is 0.0548. The summed E-state index contributed by atoms with van der Waals surface area (Å²) in [5, 5.41) is 21.6. The van der Waals surface area contributed by atoms with Gasteiger partial charge in [0, 0.05) is 35.4 Å². The maximum Gasteiger partial charge on any atom is 0.417 e. The number of carbonyl (C=O) groups excluding carboxylic acids is 1. The van der Waals surface area contributed by atoms with Crippen molar-refractivity contribution in [2.24, 2.45) is 0 Å². The van der Waals surface area contributed by atoms with Gasteiger partial charge in [0.25, 0.3) is 11.4 Å². The zero-order chi connectivity index (χ0) is 21.4. The summed E-state index contributed by atoms with van der Waals surface area (Å²) in [6.45, 7) is 0. The Morgan fingerprint density at radius 2 is 1.39 bits per heavy atom. The third kappa shape index (κ3) is 4.07. The van der Waals surface area contributed by atoms with Gasteiger partial charge in [0.15, 0.2) is 5.78 Å². The second-order valence-electron chi connectivity index (χ2n) is 5.31. The third-order valence-electron chi connectivity index (χ3n) is 3.49. The van der Waals surface area contributed by atoms with Crippen LogP contribution in [0.15, 0.2) is 36.4 Å². The second-order valence-corrected chi connectivity index (χ2v) is 5.31. The van der Waals surface area contributed by atoms with E-state index in [1.165, 1.54) is 0 Å². The number of benzene rings is 2. The fourth-order valence-corrected chi connectivity index (χ4v) is 2.36. The van der Waals surface area contributed by atoms with E-state index < -0.39 is 61.6 Å². The Balaban J connectivity index is 2.86. The third-order valence-corrected chi connectivity index (χ3v) is 3.49. The first kappa shape index (κ1) is 20.8. The Morgan fingerprint density at radius 1 is 0.821 bits per heavy atom. The molecule has 0 radical (unpaired) electrons. The van der Waals surface area contributed by atoms with E-state index in [-0.39, 0.29) is 12.1 Å². The van der Waals surface area contributed by atoms with Gasteiger partial charge in [-0.05, 0) is 0 Å². The first-order valence-electron chi connectivity index (χ1n) is 6.99. The van der Waals surface area contributed by atoms with Crippen molar-refractivity contribution < 1.29 is 41.0 Å². The van der Waals surface area contributed by atoms with Crippen LogP contribution >= 0.6 is 0 Å². The maximum atomic E-state index is 13.3. The van der Waals surface area contributed by atoms with E-state index >= 15 is 0 Å². The molecule has 2 aromatic rings. The molecule has 0 amide bonds. The summed E-state index contributed by atoms with van der Waals surface area (Å²) in [7, 11) is 0.